The molecule has 2 bridgehead atoms. The van der Waals surface area contributed by atoms with Gasteiger partial charge in [-0.05, 0) is 65.6 Å². The number of ether oxygens (including phenoxy) is 3. The van der Waals surface area contributed by atoms with Crippen molar-refractivity contribution in [2.24, 2.45) is 11.3 Å². The van der Waals surface area contributed by atoms with Gasteiger partial charge in [0.15, 0.2) is 0 Å². The molecule has 4 heteroatoms. The van der Waals surface area contributed by atoms with Crippen LogP contribution in [0.5, 0.6) is 0 Å². The molecule has 5 rings (SSSR count). The zero-order valence-electron chi connectivity index (χ0n) is 11.4. The highest BCUT2D eigenvalue weighted by atomic mass is 127. The van der Waals surface area contributed by atoms with Gasteiger partial charge in [-0.25, -0.2) is 0 Å². The summed E-state index contributed by atoms with van der Waals surface area (Å²) in [4.78, 5) is 0. The van der Waals surface area contributed by atoms with Gasteiger partial charge in [-0.3, -0.25) is 0 Å². The molecule has 1 aliphatic carbocycles. The Morgan fingerprint density at radius 1 is 0.900 bits per heavy atom. The van der Waals surface area contributed by atoms with E-state index < -0.39 is 5.97 Å². The van der Waals surface area contributed by atoms with E-state index in [0.29, 0.717) is 5.92 Å². The number of hydrogen-bond donors (Lipinski definition) is 0. The van der Waals surface area contributed by atoms with Crippen LogP contribution in [-0.2, 0) is 20.2 Å². The first-order valence-corrected chi connectivity index (χ1v) is 8.48. The van der Waals surface area contributed by atoms with Gasteiger partial charge in [0, 0.05) is 14.5 Å². The lowest BCUT2D eigenvalue weighted by molar-refractivity contribution is -0.485. The second kappa shape index (κ2) is 4.93. The number of benzene rings is 1. The first-order chi connectivity index (χ1) is 9.73. The van der Waals surface area contributed by atoms with Crippen molar-refractivity contribution in [1.82, 2.24) is 0 Å². The molecule has 3 saturated heterocycles. The molecule has 108 valence electrons. The zero-order chi connectivity index (χ0) is 13.6. The highest BCUT2D eigenvalue weighted by Crippen LogP contribution is 2.51. The molecular formula is C16H19IO3. The lowest BCUT2D eigenvalue weighted by atomic mass is 9.74. The third-order valence-electron chi connectivity index (χ3n) is 5.07. The van der Waals surface area contributed by atoms with Crippen LogP contribution in [0.3, 0.4) is 0 Å². The first-order valence-electron chi connectivity index (χ1n) is 7.40. The Bertz CT molecular complexity index is 468. The Hall–Kier alpha value is -0.170. The average molecular weight is 386 g/mol. The molecule has 3 aliphatic heterocycles. The van der Waals surface area contributed by atoms with Crippen molar-refractivity contribution < 1.29 is 14.2 Å². The van der Waals surface area contributed by atoms with Gasteiger partial charge in [0.25, 0.3) is 0 Å². The third kappa shape index (κ3) is 2.03. The summed E-state index contributed by atoms with van der Waals surface area (Å²) in [5, 5.41) is 0. The minimum Gasteiger partial charge on any atom is -0.323 e. The minimum absolute atomic E-state index is 0.0987. The van der Waals surface area contributed by atoms with Gasteiger partial charge in [0.05, 0.1) is 19.8 Å². The molecule has 0 atom stereocenters. The van der Waals surface area contributed by atoms with Crippen LogP contribution in [0.4, 0.5) is 0 Å². The molecule has 4 aliphatic rings. The number of fused-ring (bicyclic) bond motifs is 3. The van der Waals surface area contributed by atoms with Crippen LogP contribution in [0.2, 0.25) is 0 Å². The van der Waals surface area contributed by atoms with Crippen molar-refractivity contribution in [3.63, 3.8) is 0 Å². The molecule has 1 aromatic rings. The summed E-state index contributed by atoms with van der Waals surface area (Å²) >= 11 is 2.30. The third-order valence-corrected chi connectivity index (χ3v) is 5.79. The van der Waals surface area contributed by atoms with E-state index in [1.54, 1.807) is 0 Å². The van der Waals surface area contributed by atoms with Crippen LogP contribution in [0.25, 0.3) is 0 Å². The molecule has 0 unspecified atom stereocenters. The van der Waals surface area contributed by atoms with E-state index in [-0.39, 0.29) is 5.41 Å². The summed E-state index contributed by atoms with van der Waals surface area (Å²) in [7, 11) is 0. The Morgan fingerprint density at radius 2 is 1.45 bits per heavy atom. The van der Waals surface area contributed by atoms with Crippen LogP contribution in [0.1, 0.15) is 31.2 Å². The van der Waals surface area contributed by atoms with Crippen LogP contribution in [0.15, 0.2) is 24.3 Å². The van der Waals surface area contributed by atoms with E-state index >= 15 is 0 Å². The van der Waals surface area contributed by atoms with Crippen molar-refractivity contribution in [2.45, 2.75) is 31.7 Å². The molecule has 4 fully saturated rings. The smallest absolute Gasteiger partial charge is 0.312 e. The summed E-state index contributed by atoms with van der Waals surface area (Å²) in [6, 6.07) is 8.20. The van der Waals surface area contributed by atoms with Gasteiger partial charge in [-0.15, -0.1) is 0 Å². The summed E-state index contributed by atoms with van der Waals surface area (Å²) < 4.78 is 19.4. The van der Waals surface area contributed by atoms with Crippen LogP contribution >= 0.6 is 22.6 Å². The molecule has 0 N–H and O–H groups in total. The molecule has 3 nitrogen and oxygen atoms in total. The molecule has 20 heavy (non-hydrogen) atoms. The summed E-state index contributed by atoms with van der Waals surface area (Å²) in [6.07, 6.45) is 5.28. The number of halogens is 1. The predicted octanol–water partition coefficient (Wildman–Crippen LogP) is 3.66. The fourth-order valence-corrected chi connectivity index (χ4v) is 4.12. The van der Waals surface area contributed by atoms with Crippen molar-refractivity contribution in [3.8, 4) is 0 Å². The topological polar surface area (TPSA) is 27.7 Å². The van der Waals surface area contributed by atoms with E-state index in [4.69, 9.17) is 14.2 Å². The maximum atomic E-state index is 6.06. The van der Waals surface area contributed by atoms with E-state index in [1.807, 2.05) is 12.1 Å². The van der Waals surface area contributed by atoms with Gasteiger partial charge in [-0.1, -0.05) is 12.8 Å². The normalized spacial score (nSPS) is 37.5. The highest BCUT2D eigenvalue weighted by Gasteiger charge is 2.56. The summed E-state index contributed by atoms with van der Waals surface area (Å²) in [6.45, 7) is 2.30. The molecular weight excluding hydrogens is 367 g/mol. The fraction of sp³-hybridized carbons (Fsp3) is 0.625. The van der Waals surface area contributed by atoms with Gasteiger partial charge < -0.3 is 14.2 Å². The first kappa shape index (κ1) is 13.5. The Balaban J connectivity index is 1.56. The molecule has 0 spiro atoms. The number of hydrogen-bond acceptors (Lipinski definition) is 3. The molecule has 1 aromatic carbocycles. The summed E-state index contributed by atoms with van der Waals surface area (Å²) in [5.41, 5.74) is 1.07. The molecule has 0 aromatic heterocycles. The van der Waals surface area contributed by atoms with Crippen LogP contribution < -0.4 is 0 Å². The Labute approximate surface area is 133 Å². The number of rotatable bonds is 2. The predicted molar refractivity (Wildman–Crippen MR) is 83.1 cm³/mol. The van der Waals surface area contributed by atoms with E-state index in [1.165, 1.54) is 29.3 Å². The largest absolute Gasteiger partial charge is 0.323 e. The van der Waals surface area contributed by atoms with Gasteiger partial charge in [0.2, 0.25) is 0 Å². The zero-order valence-corrected chi connectivity index (χ0v) is 13.6. The summed E-state index contributed by atoms with van der Waals surface area (Å²) in [5.74, 6) is -0.248. The van der Waals surface area contributed by atoms with E-state index in [2.05, 4.69) is 34.7 Å². The monoisotopic (exact) mass is 386 g/mol. The Kier molecular flexibility index (Phi) is 3.33. The maximum absolute atomic E-state index is 6.06. The van der Waals surface area contributed by atoms with E-state index in [9.17, 15) is 0 Å². The van der Waals surface area contributed by atoms with Gasteiger partial charge >= 0.3 is 5.97 Å². The molecule has 3 heterocycles. The lowest BCUT2D eigenvalue weighted by Crippen LogP contribution is -2.60. The van der Waals surface area contributed by atoms with Gasteiger partial charge in [0.1, 0.15) is 0 Å². The quantitative estimate of drug-likeness (QED) is 0.727. The maximum Gasteiger partial charge on any atom is 0.312 e. The Morgan fingerprint density at radius 3 is 2.00 bits per heavy atom. The lowest BCUT2D eigenvalue weighted by Gasteiger charge is -2.54. The molecule has 1 saturated carbocycles. The standard InChI is InChI=1S/C16H19IO3/c17-14-7-5-13(6-8-14)16-18-9-15(10-19-16,11-20-16)12-3-1-2-4-12/h5-8,12H,1-4,9-11H2. The second-order valence-electron chi connectivity index (χ2n) is 6.27. The molecule has 0 radical (unpaired) electrons. The van der Waals surface area contributed by atoms with Crippen molar-refractivity contribution in [1.29, 1.82) is 0 Å². The van der Waals surface area contributed by atoms with Crippen LogP contribution in [-0.4, -0.2) is 19.8 Å². The molecule has 0 amide bonds. The SMILES string of the molecule is Ic1ccc(C23OCC(C4CCCC4)(CO2)CO3)cc1. The second-order valence-corrected chi connectivity index (χ2v) is 7.52. The van der Waals surface area contributed by atoms with Crippen molar-refractivity contribution >= 4 is 22.6 Å². The van der Waals surface area contributed by atoms with Crippen molar-refractivity contribution in [2.75, 3.05) is 19.8 Å². The van der Waals surface area contributed by atoms with Crippen LogP contribution in [0, 0.1) is 14.9 Å². The van der Waals surface area contributed by atoms with E-state index in [0.717, 1.165) is 25.4 Å². The van der Waals surface area contributed by atoms with Gasteiger partial charge in [-0.2, -0.15) is 0 Å². The van der Waals surface area contributed by atoms with Crippen molar-refractivity contribution in [3.05, 3.63) is 33.4 Å². The average Bonchev–Trinajstić information content (AvgIpc) is 3.05. The minimum atomic E-state index is -0.954. The highest BCUT2D eigenvalue weighted by molar-refractivity contribution is 14.1. The fourth-order valence-electron chi connectivity index (χ4n) is 3.76.